The molecule has 4 rings (SSSR count). The smallest absolute Gasteiger partial charge is 0.104 e. The predicted molar refractivity (Wildman–Crippen MR) is 118 cm³/mol. The molecule has 140 valence electrons. The molecule has 0 aliphatic carbocycles. The van der Waals surface area contributed by atoms with E-state index in [-0.39, 0.29) is 5.38 Å². The van der Waals surface area contributed by atoms with Gasteiger partial charge in [-0.1, -0.05) is 121 Å². The monoisotopic (exact) mass is 386 g/mol. The highest BCUT2D eigenvalue weighted by Gasteiger charge is 2.09. The Labute approximate surface area is 171 Å². The highest BCUT2D eigenvalue weighted by atomic mass is 35.5. The predicted octanol–water partition coefficient (Wildman–Crippen LogP) is 6.78. The largest absolute Gasteiger partial charge is 0.384 e. The van der Waals surface area contributed by atoms with E-state index < -0.39 is 6.10 Å². The van der Waals surface area contributed by atoms with Gasteiger partial charge in [0.1, 0.15) is 6.10 Å². The number of halogens is 1. The lowest BCUT2D eigenvalue weighted by Gasteiger charge is -2.10. The molecule has 0 unspecified atom stereocenters. The molecule has 0 atom stereocenters. The normalized spacial score (nSPS) is 10.4. The fourth-order valence-corrected chi connectivity index (χ4v) is 3.19. The van der Waals surface area contributed by atoms with Crippen LogP contribution in [0.4, 0.5) is 0 Å². The van der Waals surface area contributed by atoms with Crippen molar-refractivity contribution in [3.63, 3.8) is 0 Å². The van der Waals surface area contributed by atoms with Gasteiger partial charge in [0.15, 0.2) is 0 Å². The lowest BCUT2D eigenvalue weighted by molar-refractivity contribution is 0.220. The summed E-state index contributed by atoms with van der Waals surface area (Å²) < 4.78 is 0. The summed E-state index contributed by atoms with van der Waals surface area (Å²) in [5.74, 6) is 0. The Kier molecular flexibility index (Phi) is 7.43. The van der Waals surface area contributed by atoms with E-state index in [1.807, 2.05) is 121 Å². The SMILES string of the molecule is ClC(c1ccccc1)c1ccccc1.OC(c1ccccc1)c1ccccc1. The number of hydrogen-bond donors (Lipinski definition) is 1. The molecule has 0 radical (unpaired) electrons. The molecule has 0 fully saturated rings. The van der Waals surface area contributed by atoms with Crippen LogP contribution in [0.15, 0.2) is 121 Å². The Bertz CT molecular complexity index is 765. The van der Waals surface area contributed by atoms with Crippen molar-refractivity contribution >= 4 is 11.6 Å². The Morgan fingerprint density at radius 1 is 0.429 bits per heavy atom. The summed E-state index contributed by atoms with van der Waals surface area (Å²) in [6.45, 7) is 0. The van der Waals surface area contributed by atoms with E-state index >= 15 is 0 Å². The summed E-state index contributed by atoms with van der Waals surface area (Å²) >= 11 is 6.33. The van der Waals surface area contributed by atoms with Gasteiger partial charge in [-0.3, -0.25) is 0 Å². The molecule has 0 aromatic heterocycles. The Morgan fingerprint density at radius 2 is 0.679 bits per heavy atom. The van der Waals surface area contributed by atoms with Gasteiger partial charge in [-0.15, -0.1) is 11.6 Å². The van der Waals surface area contributed by atoms with Crippen molar-refractivity contribution < 1.29 is 5.11 Å². The molecular weight excluding hydrogens is 364 g/mol. The van der Waals surface area contributed by atoms with E-state index in [4.69, 9.17) is 11.6 Å². The average Bonchev–Trinajstić information content (AvgIpc) is 2.81. The summed E-state index contributed by atoms with van der Waals surface area (Å²) in [5.41, 5.74) is 4.14. The molecule has 4 aromatic carbocycles. The fourth-order valence-electron chi connectivity index (χ4n) is 2.90. The standard InChI is InChI=1S/C13H11Cl.C13H12O/c2*14-13(11-7-3-1-4-8-11)12-9-5-2-6-10-12/h1-10,13H;1-10,13-14H. The maximum Gasteiger partial charge on any atom is 0.104 e. The lowest BCUT2D eigenvalue weighted by atomic mass is 10.0. The van der Waals surface area contributed by atoms with Crippen LogP contribution in [0, 0.1) is 0 Å². The Balaban J connectivity index is 0.000000161. The zero-order valence-electron chi connectivity index (χ0n) is 15.5. The van der Waals surface area contributed by atoms with E-state index in [1.165, 1.54) is 0 Å². The number of aliphatic hydroxyl groups excluding tert-OH is 1. The van der Waals surface area contributed by atoms with Gasteiger partial charge in [0, 0.05) is 0 Å². The summed E-state index contributed by atoms with van der Waals surface area (Å²) in [5, 5.41) is 9.95. The molecule has 4 aromatic rings. The van der Waals surface area contributed by atoms with Crippen molar-refractivity contribution in [2.45, 2.75) is 11.5 Å². The van der Waals surface area contributed by atoms with Gasteiger partial charge in [-0.2, -0.15) is 0 Å². The summed E-state index contributed by atoms with van der Waals surface area (Å²) in [6, 6.07) is 39.5. The van der Waals surface area contributed by atoms with E-state index in [9.17, 15) is 5.11 Å². The van der Waals surface area contributed by atoms with Crippen LogP contribution in [0.5, 0.6) is 0 Å². The van der Waals surface area contributed by atoms with Gasteiger partial charge < -0.3 is 5.11 Å². The van der Waals surface area contributed by atoms with E-state index in [0.29, 0.717) is 0 Å². The fraction of sp³-hybridized carbons (Fsp3) is 0.0769. The van der Waals surface area contributed by atoms with E-state index in [2.05, 4.69) is 0 Å². The lowest BCUT2D eigenvalue weighted by Crippen LogP contribution is -1.98. The zero-order valence-corrected chi connectivity index (χ0v) is 16.3. The molecule has 0 saturated heterocycles. The summed E-state index contributed by atoms with van der Waals surface area (Å²) in [7, 11) is 0. The summed E-state index contributed by atoms with van der Waals surface area (Å²) in [6.07, 6.45) is -0.516. The van der Waals surface area contributed by atoms with Crippen LogP contribution in [0.25, 0.3) is 0 Å². The van der Waals surface area contributed by atoms with Crippen molar-refractivity contribution in [3.8, 4) is 0 Å². The van der Waals surface area contributed by atoms with Crippen LogP contribution >= 0.6 is 11.6 Å². The minimum atomic E-state index is -0.516. The second kappa shape index (κ2) is 10.5. The van der Waals surface area contributed by atoms with E-state index in [1.54, 1.807) is 0 Å². The van der Waals surface area contributed by atoms with Crippen molar-refractivity contribution in [1.29, 1.82) is 0 Å². The van der Waals surface area contributed by atoms with Crippen LogP contribution in [-0.4, -0.2) is 5.11 Å². The van der Waals surface area contributed by atoms with E-state index in [0.717, 1.165) is 22.3 Å². The number of aliphatic hydroxyl groups is 1. The quantitative estimate of drug-likeness (QED) is 0.383. The molecule has 28 heavy (non-hydrogen) atoms. The maximum absolute atomic E-state index is 9.99. The van der Waals surface area contributed by atoms with Crippen LogP contribution < -0.4 is 0 Å². The van der Waals surface area contributed by atoms with Crippen LogP contribution in [-0.2, 0) is 0 Å². The van der Waals surface area contributed by atoms with Crippen molar-refractivity contribution in [1.82, 2.24) is 0 Å². The number of hydrogen-bond acceptors (Lipinski definition) is 1. The van der Waals surface area contributed by atoms with Crippen LogP contribution in [0.1, 0.15) is 33.7 Å². The van der Waals surface area contributed by atoms with Gasteiger partial charge in [-0.25, -0.2) is 0 Å². The topological polar surface area (TPSA) is 20.2 Å². The van der Waals surface area contributed by atoms with Crippen LogP contribution in [0.2, 0.25) is 0 Å². The zero-order chi connectivity index (χ0) is 19.6. The minimum Gasteiger partial charge on any atom is -0.384 e. The third-order valence-corrected chi connectivity index (χ3v) is 4.92. The molecule has 1 nitrogen and oxygen atoms in total. The third-order valence-electron chi connectivity index (χ3n) is 4.42. The first-order chi connectivity index (χ1) is 13.8. The maximum atomic E-state index is 9.99. The minimum absolute atomic E-state index is 0.0441. The van der Waals surface area contributed by atoms with Crippen LogP contribution in [0.3, 0.4) is 0 Å². The molecule has 0 amide bonds. The molecule has 0 saturated carbocycles. The molecule has 0 aliphatic heterocycles. The second-order valence-corrected chi connectivity index (χ2v) is 6.84. The third kappa shape index (κ3) is 5.56. The number of rotatable bonds is 4. The molecule has 0 bridgehead atoms. The second-order valence-electron chi connectivity index (χ2n) is 6.41. The van der Waals surface area contributed by atoms with Crippen molar-refractivity contribution in [2.75, 3.05) is 0 Å². The molecule has 2 heteroatoms. The molecule has 0 spiro atoms. The first kappa shape index (κ1) is 19.9. The Morgan fingerprint density at radius 3 is 0.964 bits per heavy atom. The highest BCUT2D eigenvalue weighted by molar-refractivity contribution is 6.22. The van der Waals surface area contributed by atoms with Gasteiger partial charge in [0.05, 0.1) is 5.38 Å². The number of benzene rings is 4. The van der Waals surface area contributed by atoms with Gasteiger partial charge in [0.25, 0.3) is 0 Å². The molecule has 0 heterocycles. The average molecular weight is 387 g/mol. The Hall–Kier alpha value is -2.87. The van der Waals surface area contributed by atoms with Gasteiger partial charge in [-0.05, 0) is 22.3 Å². The first-order valence-electron chi connectivity index (χ1n) is 9.27. The van der Waals surface area contributed by atoms with Gasteiger partial charge >= 0.3 is 0 Å². The molecular formula is C26H23ClO. The summed E-state index contributed by atoms with van der Waals surface area (Å²) in [4.78, 5) is 0. The molecule has 1 N–H and O–H groups in total. The van der Waals surface area contributed by atoms with Gasteiger partial charge in [0.2, 0.25) is 0 Å². The first-order valence-corrected chi connectivity index (χ1v) is 9.71. The number of alkyl halides is 1. The highest BCUT2D eigenvalue weighted by Crippen LogP contribution is 2.27. The van der Waals surface area contributed by atoms with Crippen molar-refractivity contribution in [2.24, 2.45) is 0 Å². The van der Waals surface area contributed by atoms with Crippen molar-refractivity contribution in [3.05, 3.63) is 144 Å². The molecule has 0 aliphatic rings.